The Labute approximate surface area is 225 Å². The molecule has 0 unspecified atom stereocenters. The maximum atomic E-state index is 0. The van der Waals surface area contributed by atoms with Crippen LogP contribution < -0.4 is 0 Å². The van der Waals surface area contributed by atoms with Crippen LogP contribution in [0, 0.1) is 196 Å². The molecule has 0 saturated heterocycles. The first-order valence-electron chi connectivity index (χ1n) is 0. The summed E-state index contributed by atoms with van der Waals surface area (Å²) >= 11 is 0. The quantitative estimate of drug-likeness (QED) is 0.322. The van der Waals surface area contributed by atoms with Gasteiger partial charge in [0, 0.05) is 196 Å². The van der Waals surface area contributed by atoms with Crippen molar-refractivity contribution in [1.29, 1.82) is 0 Å². The predicted octanol–water partition coefficient (Wildman–Crippen LogP) is 1.27. The van der Waals surface area contributed by atoms with Gasteiger partial charge in [0.2, 0.25) is 0 Å². The average molecular weight is 959 g/mol. The first-order valence-corrected chi connectivity index (χ1v) is 0. The number of rotatable bonds is 0. The van der Waals surface area contributed by atoms with E-state index in [1.165, 1.54) is 0 Å². The van der Waals surface area contributed by atoms with Crippen LogP contribution in [0.3, 0.4) is 0 Å². The topological polar surface area (TPSA) is 0 Å². The van der Waals surface area contributed by atoms with Gasteiger partial charge in [0.05, 0.1) is 0 Å². The molecule has 0 fully saturated rings. The van der Waals surface area contributed by atoms with Gasteiger partial charge in [-0.2, -0.15) is 0 Å². The molecular formula is H3Cl3ErHoLuTmYb. The summed E-state index contributed by atoms with van der Waals surface area (Å²) in [5.41, 5.74) is 0. The van der Waals surface area contributed by atoms with Gasteiger partial charge in [-0.3, -0.25) is 0 Å². The van der Waals surface area contributed by atoms with Gasteiger partial charge in [0.25, 0.3) is 0 Å². The summed E-state index contributed by atoms with van der Waals surface area (Å²) in [6.07, 6.45) is 0. The molecule has 0 amide bonds. The fraction of sp³-hybridized carbons (Fsp3) is 0. The molecule has 0 rings (SSSR count). The van der Waals surface area contributed by atoms with E-state index >= 15 is 0 Å². The summed E-state index contributed by atoms with van der Waals surface area (Å²) in [5, 5.41) is 0. The molecule has 0 aromatic rings. The largest absolute Gasteiger partial charge is 0.147 e. The Balaban J connectivity index is 0. The second-order valence-electron chi connectivity index (χ2n) is 0. The van der Waals surface area contributed by atoms with E-state index in [4.69, 9.17) is 0 Å². The first kappa shape index (κ1) is 58.5. The molecule has 8 heteroatoms. The number of hydrogen-bond acceptors (Lipinski definition) is 0. The minimum absolute atomic E-state index is 0. The third-order valence-corrected chi connectivity index (χ3v) is 0. The molecule has 89 valence electrons. The Hall–Kier alpha value is 7.36. The molecule has 0 nitrogen and oxygen atoms in total. The van der Waals surface area contributed by atoms with Crippen LogP contribution in [-0.4, -0.2) is 0 Å². The SMILES string of the molecule is Cl.Cl.Cl.[Er].[Ho].[Lu].[Tm].[Yb]. The second-order valence-corrected chi connectivity index (χ2v) is 0. The van der Waals surface area contributed by atoms with Crippen molar-refractivity contribution in [3.63, 3.8) is 0 Å². The molecule has 8 heavy (non-hydrogen) atoms. The third kappa shape index (κ3) is 37.7. The summed E-state index contributed by atoms with van der Waals surface area (Å²) in [4.78, 5) is 0. The minimum Gasteiger partial charge on any atom is -0.147 e. The van der Waals surface area contributed by atoms with E-state index in [9.17, 15) is 0 Å². The van der Waals surface area contributed by atoms with Crippen molar-refractivity contribution < 1.29 is 196 Å². The van der Waals surface area contributed by atoms with Crippen molar-refractivity contribution in [2.45, 2.75) is 0 Å². The Bertz CT molecular complexity index is 19.2. The zero-order valence-corrected chi connectivity index (χ0v) is 14.0. The third-order valence-electron chi connectivity index (χ3n) is 0. The number of hydrogen-bond donors (Lipinski definition) is 0. The Morgan fingerprint density at radius 2 is 0.750 bits per heavy atom. The molecule has 0 aliphatic heterocycles. The average Bonchev–Trinajstić information content (AvgIpc) is 0. The van der Waals surface area contributed by atoms with Gasteiger partial charge in [-0.15, -0.1) is 37.2 Å². The predicted molar refractivity (Wildman–Crippen MR) is 21.7 cm³/mol. The molecule has 0 aromatic carbocycles. The van der Waals surface area contributed by atoms with Crippen LogP contribution in [0.4, 0.5) is 0 Å². The van der Waals surface area contributed by atoms with E-state index in [0.717, 1.165) is 0 Å². The van der Waals surface area contributed by atoms with E-state index in [0.29, 0.717) is 0 Å². The molecule has 3 radical (unpaired) electrons. The van der Waals surface area contributed by atoms with Gasteiger partial charge in [0.15, 0.2) is 0 Å². The Morgan fingerprint density at radius 1 is 0.750 bits per heavy atom. The fourth-order valence-electron chi connectivity index (χ4n) is 0. The monoisotopic (exact) mass is 957 g/mol. The second kappa shape index (κ2) is 47.3. The van der Waals surface area contributed by atoms with Crippen LogP contribution in [0.2, 0.25) is 0 Å². The molecule has 0 heterocycles. The van der Waals surface area contributed by atoms with Gasteiger partial charge in [-0.05, 0) is 0 Å². The first-order chi connectivity index (χ1) is 0. The van der Waals surface area contributed by atoms with Crippen LogP contribution >= 0.6 is 37.2 Å². The molecule has 0 N–H and O–H groups in total. The van der Waals surface area contributed by atoms with Crippen LogP contribution in [-0.2, 0) is 0 Å². The zero-order valence-electron chi connectivity index (χ0n) is 2.62. The van der Waals surface area contributed by atoms with Crippen molar-refractivity contribution in [1.82, 2.24) is 0 Å². The van der Waals surface area contributed by atoms with E-state index in [2.05, 4.69) is 0 Å². The van der Waals surface area contributed by atoms with Crippen molar-refractivity contribution >= 4 is 37.2 Å². The van der Waals surface area contributed by atoms with Crippen LogP contribution in [0.1, 0.15) is 0 Å². The normalized spacial score (nSPS) is 0. The minimum atomic E-state index is 0. The molecule has 0 aliphatic rings. The van der Waals surface area contributed by atoms with Crippen molar-refractivity contribution in [2.75, 3.05) is 0 Å². The van der Waals surface area contributed by atoms with Gasteiger partial charge >= 0.3 is 0 Å². The molecule has 0 aromatic heterocycles. The van der Waals surface area contributed by atoms with E-state index in [1.807, 2.05) is 0 Å². The molecule has 0 atom stereocenters. The summed E-state index contributed by atoms with van der Waals surface area (Å²) in [6, 6.07) is 0. The number of halogens is 3. The summed E-state index contributed by atoms with van der Waals surface area (Å²) < 4.78 is 0. The van der Waals surface area contributed by atoms with E-state index < -0.39 is 0 Å². The Kier molecular flexibility index (Phi) is 346. The standard InChI is InChI=1S/3ClH.Er.Ho.Lu.Tm.Yb/h3*1H;;;;;. The van der Waals surface area contributed by atoms with Gasteiger partial charge in [0.1, 0.15) is 0 Å². The fourth-order valence-corrected chi connectivity index (χ4v) is 0. The summed E-state index contributed by atoms with van der Waals surface area (Å²) in [6.45, 7) is 0. The van der Waals surface area contributed by atoms with Crippen molar-refractivity contribution in [3.8, 4) is 0 Å². The smallest absolute Gasteiger partial charge is 0 e. The maximum absolute atomic E-state index is 0. The van der Waals surface area contributed by atoms with Crippen LogP contribution in [0.25, 0.3) is 0 Å². The maximum Gasteiger partial charge on any atom is 0 e. The Morgan fingerprint density at radius 3 is 0.750 bits per heavy atom. The van der Waals surface area contributed by atoms with Gasteiger partial charge < -0.3 is 0 Å². The molecule has 0 aliphatic carbocycles. The van der Waals surface area contributed by atoms with Crippen LogP contribution in [0.15, 0.2) is 0 Å². The van der Waals surface area contributed by atoms with Gasteiger partial charge in [-0.25, -0.2) is 0 Å². The zero-order chi connectivity index (χ0) is 0. The van der Waals surface area contributed by atoms with E-state index in [-0.39, 0.29) is 233 Å². The van der Waals surface area contributed by atoms with E-state index in [1.54, 1.807) is 0 Å². The summed E-state index contributed by atoms with van der Waals surface area (Å²) in [5.74, 6) is 0. The van der Waals surface area contributed by atoms with Crippen LogP contribution in [0.5, 0.6) is 0 Å². The molecule has 0 spiro atoms. The summed E-state index contributed by atoms with van der Waals surface area (Å²) in [7, 11) is 0. The molecule has 0 saturated carbocycles. The molecular weight excluding hydrogens is 955 g/mol. The van der Waals surface area contributed by atoms with Crippen molar-refractivity contribution in [3.05, 3.63) is 0 Å². The molecule has 0 bridgehead atoms. The van der Waals surface area contributed by atoms with Gasteiger partial charge in [-0.1, -0.05) is 0 Å². The van der Waals surface area contributed by atoms with Crippen molar-refractivity contribution in [2.24, 2.45) is 0 Å².